The number of carboxylic acid groups (broad SMARTS) is 1. The first-order valence-corrected chi connectivity index (χ1v) is 13.0. The minimum absolute atomic E-state index is 0.0247. The number of aromatic hydroxyl groups is 1. The van der Waals surface area contributed by atoms with Gasteiger partial charge < -0.3 is 31.9 Å². The van der Waals surface area contributed by atoms with Gasteiger partial charge in [0, 0.05) is 12.2 Å². The van der Waals surface area contributed by atoms with E-state index in [0.717, 1.165) is 11.1 Å². The van der Waals surface area contributed by atoms with Gasteiger partial charge in [-0.25, -0.2) is 4.79 Å². The molecule has 38 heavy (non-hydrogen) atoms. The number of thiol groups is 1. The molecule has 0 aromatic heterocycles. The molecule has 7 N–H and O–H groups in total. The molecule has 0 aliphatic carbocycles. The minimum atomic E-state index is -1.17. The second-order valence-electron chi connectivity index (χ2n) is 9.50. The maximum atomic E-state index is 13.2. The van der Waals surface area contributed by atoms with Gasteiger partial charge in [-0.3, -0.25) is 14.4 Å². The summed E-state index contributed by atoms with van der Waals surface area (Å²) in [5, 5.41) is 26.6. The summed E-state index contributed by atoms with van der Waals surface area (Å²) >= 11 is 4.16. The number of hydrogen-bond donors (Lipinski definition) is 7. The second kappa shape index (κ2) is 15.0. The van der Waals surface area contributed by atoms with Crippen molar-refractivity contribution in [3.8, 4) is 5.75 Å². The van der Waals surface area contributed by atoms with Crippen LogP contribution in [-0.2, 0) is 32.0 Å². The Morgan fingerprint density at radius 2 is 1.32 bits per heavy atom. The van der Waals surface area contributed by atoms with Crippen LogP contribution in [-0.4, -0.2) is 63.8 Å². The fourth-order valence-electron chi connectivity index (χ4n) is 3.75. The van der Waals surface area contributed by atoms with Gasteiger partial charge in [0.05, 0.1) is 6.04 Å². The summed E-state index contributed by atoms with van der Waals surface area (Å²) in [6, 6.07) is 11.0. The Balaban J connectivity index is 2.13. The van der Waals surface area contributed by atoms with Crippen molar-refractivity contribution in [2.45, 2.75) is 57.3 Å². The van der Waals surface area contributed by atoms with E-state index in [1.54, 1.807) is 36.4 Å². The third-order valence-electron chi connectivity index (χ3n) is 5.78. The predicted molar refractivity (Wildman–Crippen MR) is 147 cm³/mol. The van der Waals surface area contributed by atoms with Crippen molar-refractivity contribution in [3.63, 3.8) is 0 Å². The topological polar surface area (TPSA) is 171 Å². The summed E-state index contributed by atoms with van der Waals surface area (Å²) in [5.74, 6) is -3.03. The molecule has 10 nitrogen and oxygen atoms in total. The van der Waals surface area contributed by atoms with Crippen molar-refractivity contribution in [2.24, 2.45) is 11.7 Å². The van der Waals surface area contributed by atoms with Crippen LogP contribution < -0.4 is 21.7 Å². The fraction of sp³-hybridized carbons (Fsp3) is 0.407. The van der Waals surface area contributed by atoms with Gasteiger partial charge in [-0.1, -0.05) is 56.3 Å². The average molecular weight is 545 g/mol. The van der Waals surface area contributed by atoms with Crippen LogP contribution in [0, 0.1) is 5.92 Å². The fourth-order valence-corrected chi connectivity index (χ4v) is 4.01. The molecule has 0 aliphatic rings. The zero-order valence-electron chi connectivity index (χ0n) is 21.5. The summed E-state index contributed by atoms with van der Waals surface area (Å²) in [7, 11) is 0. The van der Waals surface area contributed by atoms with E-state index in [1.807, 2.05) is 19.9 Å². The maximum absolute atomic E-state index is 13.2. The summed E-state index contributed by atoms with van der Waals surface area (Å²) in [6.07, 6.45) is 0.538. The van der Waals surface area contributed by atoms with Crippen LogP contribution in [0.15, 0.2) is 54.6 Å². The number of aliphatic carboxylic acids is 1. The van der Waals surface area contributed by atoms with Crippen molar-refractivity contribution in [1.82, 2.24) is 16.0 Å². The number of phenols is 1. The number of nitrogens with one attached hydrogen (secondary N) is 3. The van der Waals surface area contributed by atoms with Crippen molar-refractivity contribution < 1.29 is 29.4 Å². The van der Waals surface area contributed by atoms with Crippen LogP contribution in [0.5, 0.6) is 5.75 Å². The van der Waals surface area contributed by atoms with E-state index in [2.05, 4.69) is 28.6 Å². The van der Waals surface area contributed by atoms with Crippen LogP contribution in [0.3, 0.4) is 0 Å². The number of benzene rings is 2. The van der Waals surface area contributed by atoms with E-state index in [4.69, 9.17) is 5.73 Å². The summed E-state index contributed by atoms with van der Waals surface area (Å²) in [5.41, 5.74) is 7.59. The Hall–Kier alpha value is -3.57. The average Bonchev–Trinajstić information content (AvgIpc) is 2.87. The van der Waals surface area contributed by atoms with Crippen molar-refractivity contribution in [3.05, 3.63) is 65.7 Å². The molecule has 206 valence electrons. The molecule has 0 bridgehead atoms. The number of carboxylic acids is 1. The third-order valence-corrected chi connectivity index (χ3v) is 6.15. The van der Waals surface area contributed by atoms with Gasteiger partial charge >= 0.3 is 5.97 Å². The van der Waals surface area contributed by atoms with Gasteiger partial charge in [-0.2, -0.15) is 12.6 Å². The van der Waals surface area contributed by atoms with E-state index in [-0.39, 0.29) is 36.7 Å². The van der Waals surface area contributed by atoms with Crippen molar-refractivity contribution in [1.29, 1.82) is 0 Å². The first kappa shape index (κ1) is 30.7. The number of hydrogen-bond acceptors (Lipinski definition) is 7. The van der Waals surface area contributed by atoms with E-state index in [1.165, 1.54) is 12.1 Å². The summed E-state index contributed by atoms with van der Waals surface area (Å²) < 4.78 is 0. The van der Waals surface area contributed by atoms with Crippen LogP contribution in [0.1, 0.15) is 31.4 Å². The molecule has 4 unspecified atom stereocenters. The van der Waals surface area contributed by atoms with Crippen LogP contribution in [0.4, 0.5) is 0 Å². The number of rotatable bonds is 14. The van der Waals surface area contributed by atoms with Gasteiger partial charge in [-0.05, 0) is 42.0 Å². The van der Waals surface area contributed by atoms with Gasteiger partial charge in [0.2, 0.25) is 17.7 Å². The second-order valence-corrected chi connectivity index (χ2v) is 9.87. The van der Waals surface area contributed by atoms with E-state index in [0.29, 0.717) is 0 Å². The lowest BCUT2D eigenvalue weighted by Gasteiger charge is -2.25. The molecular formula is C27H36N4O6S. The Labute approximate surface area is 227 Å². The minimum Gasteiger partial charge on any atom is -0.508 e. The zero-order chi connectivity index (χ0) is 28.2. The number of carbonyl (C=O) groups excluding carboxylic acids is 3. The summed E-state index contributed by atoms with van der Waals surface area (Å²) in [6.45, 7) is 3.67. The van der Waals surface area contributed by atoms with E-state index < -0.39 is 47.9 Å². The lowest BCUT2D eigenvalue weighted by molar-refractivity contribution is -0.142. The first-order chi connectivity index (χ1) is 18.0. The number of carbonyl (C=O) groups is 4. The Kier molecular flexibility index (Phi) is 12.1. The highest BCUT2D eigenvalue weighted by atomic mass is 32.1. The lowest BCUT2D eigenvalue weighted by atomic mass is 10.0. The number of nitrogens with two attached hydrogens (primary N) is 1. The first-order valence-electron chi connectivity index (χ1n) is 12.3. The maximum Gasteiger partial charge on any atom is 0.326 e. The highest BCUT2D eigenvalue weighted by Gasteiger charge is 2.30. The standard InChI is InChI=1S/C27H36N4O6S/c1-16(2)12-22(27(36)37)30-26(35)23(15-38)31-25(34)21(14-17-6-4-3-5-7-17)29-24(33)20(28)13-18-8-10-19(32)11-9-18/h3-11,16,20-23,32,38H,12-15,28H2,1-2H3,(H,29,33)(H,30,35)(H,31,34)(H,36,37). The molecule has 2 aromatic rings. The van der Waals surface area contributed by atoms with Gasteiger partial charge in [0.15, 0.2) is 0 Å². The van der Waals surface area contributed by atoms with Crippen LogP contribution in [0.2, 0.25) is 0 Å². The quantitative estimate of drug-likeness (QED) is 0.174. The highest BCUT2D eigenvalue weighted by Crippen LogP contribution is 2.12. The molecule has 0 spiro atoms. The van der Waals surface area contributed by atoms with Gasteiger partial charge in [0.25, 0.3) is 0 Å². The van der Waals surface area contributed by atoms with Crippen LogP contribution in [0.25, 0.3) is 0 Å². The molecule has 3 amide bonds. The summed E-state index contributed by atoms with van der Waals surface area (Å²) in [4.78, 5) is 50.5. The van der Waals surface area contributed by atoms with Crippen molar-refractivity contribution >= 4 is 36.3 Å². The lowest BCUT2D eigenvalue weighted by Crippen LogP contribution is -2.58. The van der Waals surface area contributed by atoms with E-state index >= 15 is 0 Å². The smallest absolute Gasteiger partial charge is 0.326 e. The molecule has 0 radical (unpaired) electrons. The molecule has 4 atom stereocenters. The molecule has 0 heterocycles. The molecule has 0 saturated carbocycles. The zero-order valence-corrected chi connectivity index (χ0v) is 22.4. The Morgan fingerprint density at radius 1 is 0.789 bits per heavy atom. The normalized spacial score (nSPS) is 14.1. The highest BCUT2D eigenvalue weighted by molar-refractivity contribution is 7.80. The molecule has 0 saturated heterocycles. The largest absolute Gasteiger partial charge is 0.508 e. The number of amides is 3. The molecule has 11 heteroatoms. The monoisotopic (exact) mass is 544 g/mol. The molecular weight excluding hydrogens is 508 g/mol. The Bertz CT molecular complexity index is 1080. The van der Waals surface area contributed by atoms with Gasteiger partial charge in [-0.15, -0.1) is 0 Å². The molecule has 0 fully saturated rings. The van der Waals surface area contributed by atoms with Crippen molar-refractivity contribution in [2.75, 3.05) is 5.75 Å². The number of phenolic OH excluding ortho intramolecular Hbond substituents is 1. The van der Waals surface area contributed by atoms with Gasteiger partial charge in [0.1, 0.15) is 23.9 Å². The SMILES string of the molecule is CC(C)CC(NC(=O)C(CS)NC(=O)C(Cc1ccccc1)NC(=O)C(N)Cc1ccc(O)cc1)C(=O)O. The molecule has 2 aromatic carbocycles. The predicted octanol–water partition coefficient (Wildman–Crippen LogP) is 1.02. The Morgan fingerprint density at radius 3 is 1.87 bits per heavy atom. The molecule has 0 aliphatic heterocycles. The van der Waals surface area contributed by atoms with E-state index in [9.17, 15) is 29.4 Å². The molecule has 2 rings (SSSR count). The van der Waals surface area contributed by atoms with Crippen LogP contribution >= 0.6 is 12.6 Å². The third kappa shape index (κ3) is 10.1.